The summed E-state index contributed by atoms with van der Waals surface area (Å²) in [5, 5.41) is 3.39. The predicted molar refractivity (Wildman–Crippen MR) is 100 cm³/mol. The summed E-state index contributed by atoms with van der Waals surface area (Å²) in [5.74, 6) is -0.290. The Balaban J connectivity index is 1.82. The number of carbonyl (C=O) groups excluding carboxylic acids is 1. The van der Waals surface area contributed by atoms with Crippen LogP contribution >= 0.6 is 11.6 Å². The molecule has 0 aliphatic rings. The molecule has 2 aromatic carbocycles. The minimum absolute atomic E-state index is 0.154. The zero-order valence-corrected chi connectivity index (χ0v) is 14.5. The highest BCUT2D eigenvalue weighted by Gasteiger charge is 2.09. The van der Waals surface area contributed by atoms with Crippen LogP contribution in [0.1, 0.15) is 21.5 Å². The smallest absolute Gasteiger partial charge is 0.257 e. The SMILES string of the molecule is Cc1ccc(NC(=O)c2ccc(=O)n(Cc3ccccc3)c2)cc1Cl. The number of halogens is 1. The number of amides is 1. The van der Waals surface area contributed by atoms with Crippen LogP contribution < -0.4 is 10.9 Å². The maximum absolute atomic E-state index is 12.5. The van der Waals surface area contributed by atoms with Crippen LogP contribution in [0.3, 0.4) is 0 Å². The number of hydrogen-bond donors (Lipinski definition) is 1. The minimum atomic E-state index is -0.290. The molecule has 0 fully saturated rings. The number of nitrogens with zero attached hydrogens (tertiary/aromatic N) is 1. The number of nitrogens with one attached hydrogen (secondary N) is 1. The summed E-state index contributed by atoms with van der Waals surface area (Å²) in [5.41, 5.74) is 2.80. The molecule has 0 saturated heterocycles. The molecule has 126 valence electrons. The number of hydrogen-bond acceptors (Lipinski definition) is 2. The van der Waals surface area contributed by atoms with Gasteiger partial charge < -0.3 is 9.88 Å². The van der Waals surface area contributed by atoms with E-state index in [2.05, 4.69) is 5.32 Å². The molecule has 0 radical (unpaired) electrons. The normalized spacial score (nSPS) is 10.5. The van der Waals surface area contributed by atoms with Gasteiger partial charge in [0, 0.05) is 23.0 Å². The van der Waals surface area contributed by atoms with Gasteiger partial charge in [0.05, 0.1) is 12.1 Å². The van der Waals surface area contributed by atoms with Gasteiger partial charge in [0.1, 0.15) is 0 Å². The Labute approximate surface area is 150 Å². The topological polar surface area (TPSA) is 51.1 Å². The quantitative estimate of drug-likeness (QED) is 0.768. The van der Waals surface area contributed by atoms with Gasteiger partial charge in [-0.3, -0.25) is 9.59 Å². The first-order valence-corrected chi connectivity index (χ1v) is 8.22. The molecule has 0 aliphatic carbocycles. The van der Waals surface area contributed by atoms with E-state index in [0.29, 0.717) is 22.8 Å². The fourth-order valence-corrected chi connectivity index (χ4v) is 2.62. The van der Waals surface area contributed by atoms with E-state index >= 15 is 0 Å². The number of aryl methyl sites for hydroxylation is 1. The largest absolute Gasteiger partial charge is 0.322 e. The Morgan fingerprint density at radius 2 is 1.84 bits per heavy atom. The van der Waals surface area contributed by atoms with Crippen molar-refractivity contribution in [2.75, 3.05) is 5.32 Å². The Hall–Kier alpha value is -2.85. The van der Waals surface area contributed by atoms with Crippen LogP contribution in [0.25, 0.3) is 0 Å². The Bertz CT molecular complexity index is 965. The second-order valence-corrected chi connectivity index (χ2v) is 6.19. The lowest BCUT2D eigenvalue weighted by Crippen LogP contribution is -2.22. The van der Waals surface area contributed by atoms with Crippen molar-refractivity contribution >= 4 is 23.2 Å². The summed E-state index contributed by atoms with van der Waals surface area (Å²) in [6.45, 7) is 2.31. The van der Waals surface area contributed by atoms with Crippen molar-refractivity contribution < 1.29 is 4.79 Å². The van der Waals surface area contributed by atoms with Gasteiger partial charge in [-0.2, -0.15) is 0 Å². The first-order valence-electron chi connectivity index (χ1n) is 7.85. The van der Waals surface area contributed by atoms with Crippen LogP contribution in [0.5, 0.6) is 0 Å². The summed E-state index contributed by atoms with van der Waals surface area (Å²) in [6, 6.07) is 17.9. The van der Waals surface area contributed by atoms with Gasteiger partial charge in [-0.1, -0.05) is 48.0 Å². The maximum Gasteiger partial charge on any atom is 0.257 e. The van der Waals surface area contributed by atoms with Gasteiger partial charge in [-0.25, -0.2) is 0 Å². The van der Waals surface area contributed by atoms with E-state index in [1.807, 2.05) is 43.3 Å². The second kappa shape index (κ2) is 7.36. The molecule has 0 spiro atoms. The molecule has 0 atom stereocenters. The van der Waals surface area contributed by atoms with Crippen molar-refractivity contribution in [1.29, 1.82) is 0 Å². The fraction of sp³-hybridized carbons (Fsp3) is 0.100. The zero-order valence-electron chi connectivity index (χ0n) is 13.7. The lowest BCUT2D eigenvalue weighted by molar-refractivity contribution is 0.102. The third-order valence-electron chi connectivity index (χ3n) is 3.87. The van der Waals surface area contributed by atoms with Crippen molar-refractivity contribution in [3.05, 3.63) is 98.9 Å². The molecule has 3 rings (SSSR count). The number of carbonyl (C=O) groups is 1. The summed E-state index contributed by atoms with van der Waals surface area (Å²) in [4.78, 5) is 24.5. The number of aromatic nitrogens is 1. The first-order chi connectivity index (χ1) is 12.0. The van der Waals surface area contributed by atoms with Crippen LogP contribution in [0.4, 0.5) is 5.69 Å². The maximum atomic E-state index is 12.5. The number of rotatable bonds is 4. The molecule has 1 heterocycles. The molecule has 0 saturated carbocycles. The van der Waals surface area contributed by atoms with E-state index in [4.69, 9.17) is 11.6 Å². The van der Waals surface area contributed by atoms with Gasteiger partial charge >= 0.3 is 0 Å². The van der Waals surface area contributed by atoms with Gasteiger partial charge in [-0.05, 0) is 36.2 Å². The van der Waals surface area contributed by atoms with Gasteiger partial charge in [0.15, 0.2) is 0 Å². The molecule has 0 aliphatic heterocycles. The highest BCUT2D eigenvalue weighted by Crippen LogP contribution is 2.20. The van der Waals surface area contributed by atoms with Crippen LogP contribution in [-0.2, 0) is 6.54 Å². The third kappa shape index (κ3) is 4.17. The van der Waals surface area contributed by atoms with Gasteiger partial charge in [-0.15, -0.1) is 0 Å². The molecule has 1 N–H and O–H groups in total. The van der Waals surface area contributed by atoms with E-state index < -0.39 is 0 Å². The monoisotopic (exact) mass is 352 g/mol. The molecule has 4 nitrogen and oxygen atoms in total. The Kier molecular flexibility index (Phi) is 5.00. The number of benzene rings is 2. The van der Waals surface area contributed by atoms with Crippen molar-refractivity contribution in [1.82, 2.24) is 4.57 Å². The summed E-state index contributed by atoms with van der Waals surface area (Å²) >= 11 is 6.08. The summed E-state index contributed by atoms with van der Waals surface area (Å²) in [7, 11) is 0. The van der Waals surface area contributed by atoms with Crippen molar-refractivity contribution in [3.63, 3.8) is 0 Å². The summed E-state index contributed by atoms with van der Waals surface area (Å²) in [6.07, 6.45) is 1.57. The zero-order chi connectivity index (χ0) is 17.8. The molecule has 3 aromatic rings. The summed E-state index contributed by atoms with van der Waals surface area (Å²) < 4.78 is 1.52. The van der Waals surface area contributed by atoms with Crippen LogP contribution in [0.15, 0.2) is 71.7 Å². The standard InChI is InChI=1S/C20H17ClN2O2/c1-14-7-9-17(11-18(14)21)22-20(25)16-8-10-19(24)23(13-16)12-15-5-3-2-4-6-15/h2-11,13H,12H2,1H3,(H,22,25). The van der Waals surface area contributed by atoms with E-state index in [1.54, 1.807) is 18.3 Å². The molecule has 5 heteroatoms. The molecule has 25 heavy (non-hydrogen) atoms. The molecule has 1 aromatic heterocycles. The predicted octanol–water partition coefficient (Wildman–Crippen LogP) is 4.11. The van der Waals surface area contributed by atoms with Crippen LogP contribution in [0, 0.1) is 6.92 Å². The number of anilines is 1. The third-order valence-corrected chi connectivity index (χ3v) is 4.28. The van der Waals surface area contributed by atoms with E-state index in [9.17, 15) is 9.59 Å². The Morgan fingerprint density at radius 3 is 2.56 bits per heavy atom. The van der Waals surface area contributed by atoms with Crippen molar-refractivity contribution in [3.8, 4) is 0 Å². The van der Waals surface area contributed by atoms with Gasteiger partial charge in [0.2, 0.25) is 0 Å². The first kappa shape index (κ1) is 17.0. The second-order valence-electron chi connectivity index (χ2n) is 5.79. The van der Waals surface area contributed by atoms with E-state index in [0.717, 1.165) is 11.1 Å². The average Bonchev–Trinajstić information content (AvgIpc) is 2.61. The van der Waals surface area contributed by atoms with Crippen molar-refractivity contribution in [2.24, 2.45) is 0 Å². The number of pyridine rings is 1. The molecule has 1 amide bonds. The fourth-order valence-electron chi connectivity index (χ4n) is 2.44. The average molecular weight is 353 g/mol. The molecular weight excluding hydrogens is 336 g/mol. The van der Waals surface area contributed by atoms with E-state index in [-0.39, 0.29) is 11.5 Å². The highest BCUT2D eigenvalue weighted by molar-refractivity contribution is 6.31. The molecular formula is C20H17ClN2O2. The minimum Gasteiger partial charge on any atom is -0.322 e. The van der Waals surface area contributed by atoms with Crippen molar-refractivity contribution in [2.45, 2.75) is 13.5 Å². The molecule has 0 bridgehead atoms. The Morgan fingerprint density at radius 1 is 1.08 bits per heavy atom. The van der Waals surface area contributed by atoms with Crippen LogP contribution in [0.2, 0.25) is 5.02 Å². The van der Waals surface area contributed by atoms with Crippen LogP contribution in [-0.4, -0.2) is 10.5 Å². The molecule has 0 unspecified atom stereocenters. The lowest BCUT2D eigenvalue weighted by Gasteiger charge is -2.10. The van der Waals surface area contributed by atoms with E-state index in [1.165, 1.54) is 16.7 Å². The highest BCUT2D eigenvalue weighted by atomic mass is 35.5. The van der Waals surface area contributed by atoms with Gasteiger partial charge in [0.25, 0.3) is 11.5 Å². The lowest BCUT2D eigenvalue weighted by atomic mass is 10.2.